The summed E-state index contributed by atoms with van der Waals surface area (Å²) in [6.45, 7) is 3.40. The van der Waals surface area contributed by atoms with Crippen LogP contribution in [0.1, 0.15) is 41.3 Å². The summed E-state index contributed by atoms with van der Waals surface area (Å²) in [7, 11) is 3.55. The molecule has 36 heavy (non-hydrogen) atoms. The Kier molecular flexibility index (Phi) is 5.64. The van der Waals surface area contributed by atoms with Crippen LogP contribution in [-0.4, -0.2) is 63.8 Å². The van der Waals surface area contributed by atoms with Gasteiger partial charge >= 0.3 is 6.03 Å². The average Bonchev–Trinajstić information content (AvgIpc) is 3.66. The summed E-state index contributed by atoms with van der Waals surface area (Å²) >= 11 is 0. The number of hydrogen-bond donors (Lipinski definition) is 1. The Hall–Kier alpha value is -3.84. The van der Waals surface area contributed by atoms with Crippen LogP contribution in [-0.2, 0) is 31.2 Å². The van der Waals surface area contributed by atoms with Gasteiger partial charge in [0.25, 0.3) is 0 Å². The van der Waals surface area contributed by atoms with Crippen molar-refractivity contribution in [2.24, 2.45) is 7.05 Å². The molecule has 3 aliphatic heterocycles. The minimum absolute atomic E-state index is 0.0736. The molecule has 1 N–H and O–H groups in total. The molecule has 1 saturated heterocycles. The van der Waals surface area contributed by atoms with E-state index < -0.39 is 0 Å². The third-order valence-electron chi connectivity index (χ3n) is 7.55. The Labute approximate surface area is 210 Å². The zero-order chi connectivity index (χ0) is 24.8. The van der Waals surface area contributed by atoms with Gasteiger partial charge < -0.3 is 19.9 Å². The van der Waals surface area contributed by atoms with Crippen molar-refractivity contribution in [3.05, 3.63) is 46.9 Å². The van der Waals surface area contributed by atoms with Crippen molar-refractivity contribution in [2.45, 2.75) is 38.3 Å². The second-order valence-corrected chi connectivity index (χ2v) is 9.73. The fraction of sp³-hybridized carbons (Fsp3) is 0.462. The SMILES string of the molecule is CNC(=O)N1CCc2c(c(N3CCCc4cc(-c5cnn(C)c5)c(C#N)cc43)nn2[C@H]2CCOC2)C1. The van der Waals surface area contributed by atoms with Gasteiger partial charge in [0.05, 0.1) is 37.0 Å². The molecule has 10 nitrogen and oxygen atoms in total. The average molecular weight is 487 g/mol. The van der Waals surface area contributed by atoms with Crippen molar-refractivity contribution < 1.29 is 9.53 Å². The minimum Gasteiger partial charge on any atom is -0.379 e. The molecule has 6 rings (SSSR count). The number of fused-ring (bicyclic) bond motifs is 2. The molecule has 2 aromatic heterocycles. The highest BCUT2D eigenvalue weighted by molar-refractivity contribution is 5.79. The number of rotatable bonds is 3. The van der Waals surface area contributed by atoms with E-state index in [2.05, 4.69) is 32.1 Å². The molecule has 0 unspecified atom stereocenters. The van der Waals surface area contributed by atoms with Crippen molar-refractivity contribution in [3.8, 4) is 17.2 Å². The van der Waals surface area contributed by atoms with E-state index in [-0.39, 0.29) is 12.1 Å². The molecule has 186 valence electrons. The van der Waals surface area contributed by atoms with Gasteiger partial charge in [0.2, 0.25) is 0 Å². The molecule has 0 spiro atoms. The minimum atomic E-state index is -0.0736. The maximum absolute atomic E-state index is 12.5. The zero-order valence-corrected chi connectivity index (χ0v) is 20.7. The fourth-order valence-corrected chi connectivity index (χ4v) is 5.74. The predicted molar refractivity (Wildman–Crippen MR) is 134 cm³/mol. The van der Waals surface area contributed by atoms with E-state index in [4.69, 9.17) is 9.84 Å². The maximum atomic E-state index is 12.5. The van der Waals surface area contributed by atoms with Crippen LogP contribution in [0.3, 0.4) is 0 Å². The number of carbonyl (C=O) groups excluding carboxylic acids is 1. The monoisotopic (exact) mass is 486 g/mol. The van der Waals surface area contributed by atoms with Gasteiger partial charge in [-0.15, -0.1) is 0 Å². The number of hydrogen-bond acceptors (Lipinski definition) is 6. The molecule has 1 atom stereocenters. The van der Waals surface area contributed by atoms with E-state index in [9.17, 15) is 10.1 Å². The molecule has 10 heteroatoms. The lowest BCUT2D eigenvalue weighted by Crippen LogP contribution is -2.42. The molecule has 3 aromatic rings. The zero-order valence-electron chi connectivity index (χ0n) is 20.7. The van der Waals surface area contributed by atoms with Crippen molar-refractivity contribution in [1.29, 1.82) is 5.26 Å². The smallest absolute Gasteiger partial charge is 0.317 e. The van der Waals surface area contributed by atoms with Gasteiger partial charge in [0.1, 0.15) is 0 Å². The molecule has 0 bridgehead atoms. The third kappa shape index (κ3) is 3.71. The Morgan fingerprint density at radius 2 is 2.17 bits per heavy atom. The van der Waals surface area contributed by atoms with Crippen LogP contribution in [0.2, 0.25) is 0 Å². The normalized spacial score (nSPS) is 19.1. The number of anilines is 2. The first kappa shape index (κ1) is 22.6. The first-order chi connectivity index (χ1) is 17.6. The molecule has 2 amide bonds. The summed E-state index contributed by atoms with van der Waals surface area (Å²) in [6.07, 6.45) is 7.37. The van der Waals surface area contributed by atoms with Crippen molar-refractivity contribution in [3.63, 3.8) is 0 Å². The molecule has 1 aromatic carbocycles. The Balaban J connectivity index is 1.46. The lowest BCUT2D eigenvalue weighted by atomic mass is 9.93. The van der Waals surface area contributed by atoms with Crippen LogP contribution in [0.5, 0.6) is 0 Å². The summed E-state index contributed by atoms with van der Waals surface area (Å²) < 4.78 is 9.60. The largest absolute Gasteiger partial charge is 0.379 e. The molecule has 0 aliphatic carbocycles. The fourth-order valence-electron chi connectivity index (χ4n) is 5.74. The number of aryl methyl sites for hydroxylation is 2. The topological polar surface area (TPSA) is 104 Å². The lowest BCUT2D eigenvalue weighted by molar-refractivity contribution is 0.182. The van der Waals surface area contributed by atoms with E-state index in [1.54, 1.807) is 17.9 Å². The summed E-state index contributed by atoms with van der Waals surface area (Å²) in [6, 6.07) is 6.68. The van der Waals surface area contributed by atoms with E-state index in [1.165, 1.54) is 11.3 Å². The van der Waals surface area contributed by atoms with Crippen molar-refractivity contribution in [2.75, 3.05) is 38.3 Å². The number of ether oxygens (including phenoxy) is 1. The molecule has 1 fully saturated rings. The first-order valence-corrected chi connectivity index (χ1v) is 12.6. The van der Waals surface area contributed by atoms with Gasteiger partial charge in [0, 0.05) is 74.5 Å². The Bertz CT molecular complexity index is 1360. The summed E-state index contributed by atoms with van der Waals surface area (Å²) in [5.74, 6) is 0.893. The van der Waals surface area contributed by atoms with Gasteiger partial charge in [0.15, 0.2) is 5.82 Å². The number of nitrogens with zero attached hydrogens (tertiary/aromatic N) is 7. The van der Waals surface area contributed by atoms with E-state index >= 15 is 0 Å². The summed E-state index contributed by atoms with van der Waals surface area (Å²) in [5.41, 5.74) is 6.99. The highest BCUT2D eigenvalue weighted by Crippen LogP contribution is 2.41. The predicted octanol–water partition coefficient (Wildman–Crippen LogP) is 2.90. The lowest BCUT2D eigenvalue weighted by Gasteiger charge is -2.33. The molecule has 5 heterocycles. The molecule has 0 radical (unpaired) electrons. The number of nitrogens with one attached hydrogen (secondary N) is 1. The highest BCUT2D eigenvalue weighted by atomic mass is 16.5. The molecule has 3 aliphatic rings. The van der Waals surface area contributed by atoms with Crippen LogP contribution < -0.4 is 10.2 Å². The number of benzene rings is 1. The van der Waals surface area contributed by atoms with Gasteiger partial charge in [-0.1, -0.05) is 0 Å². The Morgan fingerprint density at radius 3 is 2.89 bits per heavy atom. The summed E-state index contributed by atoms with van der Waals surface area (Å²) in [5, 5.41) is 22.3. The van der Waals surface area contributed by atoms with Gasteiger partial charge in [-0.05, 0) is 37.0 Å². The van der Waals surface area contributed by atoms with Crippen LogP contribution >= 0.6 is 0 Å². The number of aromatic nitrogens is 4. The van der Waals surface area contributed by atoms with Crippen LogP contribution in [0.4, 0.5) is 16.3 Å². The number of amides is 2. The first-order valence-electron chi connectivity index (χ1n) is 12.6. The van der Waals surface area contributed by atoms with Gasteiger partial charge in [-0.3, -0.25) is 9.36 Å². The number of carbonyl (C=O) groups is 1. The summed E-state index contributed by atoms with van der Waals surface area (Å²) in [4.78, 5) is 16.6. The van der Waals surface area contributed by atoms with Crippen LogP contribution in [0.15, 0.2) is 24.5 Å². The number of nitriles is 1. The third-order valence-corrected chi connectivity index (χ3v) is 7.55. The van der Waals surface area contributed by atoms with Gasteiger partial charge in [-0.25, -0.2) is 4.79 Å². The highest BCUT2D eigenvalue weighted by Gasteiger charge is 2.34. The van der Waals surface area contributed by atoms with Gasteiger partial charge in [-0.2, -0.15) is 15.5 Å². The standard InChI is InChI=1S/C26H30N8O2/c1-28-26(35)32-8-5-23-22(15-32)25(30-34(23)20-6-9-36-16-20)33-7-3-4-17-10-21(18(12-27)11-24(17)33)19-13-29-31(2)14-19/h10-11,13-14,20H,3-9,15-16H2,1-2H3,(H,28,35)/t20-/m0/s1. The maximum Gasteiger partial charge on any atom is 0.317 e. The molecular weight excluding hydrogens is 456 g/mol. The molecule has 0 saturated carbocycles. The van der Waals surface area contributed by atoms with Crippen molar-refractivity contribution in [1.82, 2.24) is 29.8 Å². The molecular formula is C26H30N8O2. The van der Waals surface area contributed by atoms with E-state index in [0.29, 0.717) is 25.3 Å². The second kappa shape index (κ2) is 8.99. The van der Waals surface area contributed by atoms with Crippen molar-refractivity contribution >= 4 is 17.5 Å². The van der Waals surface area contributed by atoms with E-state index in [1.807, 2.05) is 24.2 Å². The van der Waals surface area contributed by atoms with Crippen LogP contribution in [0.25, 0.3) is 11.1 Å². The number of urea groups is 1. The van der Waals surface area contributed by atoms with E-state index in [0.717, 1.165) is 67.0 Å². The Morgan fingerprint density at radius 1 is 1.28 bits per heavy atom. The quantitative estimate of drug-likeness (QED) is 0.611. The second-order valence-electron chi connectivity index (χ2n) is 9.73. The van der Waals surface area contributed by atoms with Crippen LogP contribution in [0, 0.1) is 11.3 Å².